The van der Waals surface area contributed by atoms with Crippen LogP contribution in [0.2, 0.25) is 0 Å². The van der Waals surface area contributed by atoms with E-state index < -0.39 is 0 Å². The van der Waals surface area contributed by atoms with Crippen LogP contribution in [0.15, 0.2) is 0 Å². The molecule has 1 saturated heterocycles. The van der Waals surface area contributed by atoms with E-state index in [-0.39, 0.29) is 16.8 Å². The summed E-state index contributed by atoms with van der Waals surface area (Å²) in [6.45, 7) is 8.27. The summed E-state index contributed by atoms with van der Waals surface area (Å²) in [6, 6.07) is 0. The Morgan fingerprint density at radius 2 is 2.47 bits per heavy atom. The largest absolute Gasteiger partial charge is 0.374 e. The van der Waals surface area contributed by atoms with E-state index in [2.05, 4.69) is 33.1 Å². The number of rotatable bonds is 4. The van der Waals surface area contributed by atoms with Gasteiger partial charge in [-0.2, -0.15) is 0 Å². The lowest BCUT2D eigenvalue weighted by molar-refractivity contribution is -0.121. The lowest BCUT2D eigenvalue weighted by Crippen LogP contribution is -2.48. The molecule has 0 spiro atoms. The van der Waals surface area contributed by atoms with Crippen LogP contribution in [-0.4, -0.2) is 54.5 Å². The first kappa shape index (κ1) is 12.9. The van der Waals surface area contributed by atoms with Crippen molar-refractivity contribution in [2.45, 2.75) is 24.8 Å². The number of carbonyl (C=O) groups excluding carboxylic acids is 1. The van der Waals surface area contributed by atoms with Gasteiger partial charge < -0.3 is 10.1 Å². The number of alkyl halides is 1. The lowest BCUT2D eigenvalue weighted by atomic mass is 10.2. The number of carbonyl (C=O) groups is 1. The van der Waals surface area contributed by atoms with Crippen LogP contribution in [-0.2, 0) is 9.53 Å². The molecule has 0 radical (unpaired) electrons. The van der Waals surface area contributed by atoms with Crippen LogP contribution in [0.3, 0.4) is 0 Å². The minimum absolute atomic E-state index is 0.0206. The fourth-order valence-corrected chi connectivity index (χ4v) is 1.71. The molecule has 5 heteroatoms. The molecule has 2 atom stereocenters. The SMILES string of the molecule is CCN1CCOC(CNC(=O)C(C)Br)C1. The Labute approximate surface area is 99.5 Å². The zero-order chi connectivity index (χ0) is 11.3. The number of halogens is 1. The molecule has 1 amide bonds. The number of nitrogens with one attached hydrogen (secondary N) is 1. The Balaban J connectivity index is 2.23. The molecule has 1 fully saturated rings. The number of hydrogen-bond donors (Lipinski definition) is 1. The molecule has 0 aromatic heterocycles. The van der Waals surface area contributed by atoms with E-state index in [1.165, 1.54) is 0 Å². The minimum Gasteiger partial charge on any atom is -0.374 e. The maximum Gasteiger partial charge on any atom is 0.233 e. The molecule has 0 aliphatic carbocycles. The third kappa shape index (κ3) is 4.49. The van der Waals surface area contributed by atoms with Crippen molar-refractivity contribution in [2.24, 2.45) is 0 Å². The van der Waals surface area contributed by atoms with Gasteiger partial charge in [-0.3, -0.25) is 9.69 Å². The fraction of sp³-hybridized carbons (Fsp3) is 0.900. The van der Waals surface area contributed by atoms with Crippen LogP contribution in [0.25, 0.3) is 0 Å². The first-order chi connectivity index (χ1) is 7.13. The van der Waals surface area contributed by atoms with E-state index in [0.29, 0.717) is 6.54 Å². The van der Waals surface area contributed by atoms with Gasteiger partial charge in [0.2, 0.25) is 5.91 Å². The predicted octanol–water partition coefficient (Wildman–Crippen LogP) is 0.607. The zero-order valence-corrected chi connectivity index (χ0v) is 10.9. The molecular formula is C10H19BrN2O2. The van der Waals surface area contributed by atoms with Crippen molar-refractivity contribution in [3.63, 3.8) is 0 Å². The molecule has 1 N–H and O–H groups in total. The topological polar surface area (TPSA) is 41.6 Å². The van der Waals surface area contributed by atoms with Crippen molar-refractivity contribution in [1.29, 1.82) is 0 Å². The molecule has 4 nitrogen and oxygen atoms in total. The second-order valence-electron chi connectivity index (χ2n) is 3.75. The smallest absolute Gasteiger partial charge is 0.233 e. The van der Waals surface area contributed by atoms with E-state index >= 15 is 0 Å². The first-order valence-corrected chi connectivity index (χ1v) is 6.30. The first-order valence-electron chi connectivity index (χ1n) is 5.39. The van der Waals surface area contributed by atoms with Gasteiger partial charge in [0.15, 0.2) is 0 Å². The van der Waals surface area contributed by atoms with Gasteiger partial charge in [0, 0.05) is 19.6 Å². The number of likely N-dealkylation sites (N-methyl/N-ethyl adjacent to an activating group) is 1. The third-order valence-electron chi connectivity index (χ3n) is 2.54. The summed E-state index contributed by atoms with van der Waals surface area (Å²) in [7, 11) is 0. The summed E-state index contributed by atoms with van der Waals surface area (Å²) in [5.74, 6) is 0.0206. The fourth-order valence-electron chi connectivity index (χ4n) is 1.55. The summed E-state index contributed by atoms with van der Waals surface area (Å²) in [5, 5.41) is 2.86. The second kappa shape index (κ2) is 6.45. The molecule has 0 bridgehead atoms. The summed E-state index contributed by atoms with van der Waals surface area (Å²) in [5.41, 5.74) is 0. The molecule has 0 aromatic rings. The Morgan fingerprint density at radius 3 is 3.07 bits per heavy atom. The van der Waals surface area contributed by atoms with Crippen LogP contribution in [0.4, 0.5) is 0 Å². The number of amides is 1. The number of nitrogens with zero attached hydrogens (tertiary/aromatic N) is 1. The van der Waals surface area contributed by atoms with Crippen molar-refractivity contribution >= 4 is 21.8 Å². The van der Waals surface area contributed by atoms with Crippen molar-refractivity contribution in [3.8, 4) is 0 Å². The van der Waals surface area contributed by atoms with E-state index in [4.69, 9.17) is 4.74 Å². The highest BCUT2D eigenvalue weighted by Gasteiger charge is 2.20. The van der Waals surface area contributed by atoms with Gasteiger partial charge in [-0.1, -0.05) is 22.9 Å². The Morgan fingerprint density at radius 1 is 1.73 bits per heavy atom. The number of ether oxygens (including phenoxy) is 1. The van der Waals surface area contributed by atoms with Gasteiger partial charge in [-0.05, 0) is 13.5 Å². The van der Waals surface area contributed by atoms with Crippen molar-refractivity contribution in [2.75, 3.05) is 32.8 Å². The van der Waals surface area contributed by atoms with Crippen LogP contribution in [0, 0.1) is 0 Å². The van der Waals surface area contributed by atoms with Crippen LogP contribution in [0.5, 0.6) is 0 Å². The molecule has 2 unspecified atom stereocenters. The summed E-state index contributed by atoms with van der Waals surface area (Å²) >= 11 is 3.23. The average Bonchev–Trinajstić information content (AvgIpc) is 2.26. The number of hydrogen-bond acceptors (Lipinski definition) is 3. The molecule has 0 aromatic carbocycles. The minimum atomic E-state index is -0.136. The van der Waals surface area contributed by atoms with Crippen molar-refractivity contribution in [3.05, 3.63) is 0 Å². The number of morpholine rings is 1. The molecular weight excluding hydrogens is 260 g/mol. The molecule has 1 heterocycles. The van der Waals surface area contributed by atoms with Crippen molar-refractivity contribution < 1.29 is 9.53 Å². The maximum absolute atomic E-state index is 11.3. The van der Waals surface area contributed by atoms with E-state index in [1.807, 2.05) is 6.92 Å². The predicted molar refractivity (Wildman–Crippen MR) is 63.3 cm³/mol. The highest BCUT2D eigenvalue weighted by atomic mass is 79.9. The molecule has 1 rings (SSSR count). The normalized spacial score (nSPS) is 24.9. The van der Waals surface area contributed by atoms with Gasteiger partial charge in [-0.15, -0.1) is 0 Å². The lowest BCUT2D eigenvalue weighted by Gasteiger charge is -2.32. The highest BCUT2D eigenvalue weighted by molar-refractivity contribution is 9.10. The van der Waals surface area contributed by atoms with Gasteiger partial charge >= 0.3 is 0 Å². The Bertz CT molecular complexity index is 212. The van der Waals surface area contributed by atoms with Crippen LogP contribution >= 0.6 is 15.9 Å². The van der Waals surface area contributed by atoms with Crippen LogP contribution < -0.4 is 5.32 Å². The van der Waals surface area contributed by atoms with Gasteiger partial charge in [0.1, 0.15) is 0 Å². The van der Waals surface area contributed by atoms with Crippen molar-refractivity contribution in [1.82, 2.24) is 10.2 Å². The Kier molecular flexibility index (Phi) is 5.56. The summed E-state index contributed by atoms with van der Waals surface area (Å²) in [4.78, 5) is 13.5. The van der Waals surface area contributed by atoms with E-state index in [9.17, 15) is 4.79 Å². The summed E-state index contributed by atoms with van der Waals surface area (Å²) < 4.78 is 5.57. The van der Waals surface area contributed by atoms with E-state index in [0.717, 1.165) is 26.2 Å². The quantitative estimate of drug-likeness (QED) is 0.767. The third-order valence-corrected chi connectivity index (χ3v) is 2.95. The molecule has 15 heavy (non-hydrogen) atoms. The zero-order valence-electron chi connectivity index (χ0n) is 9.33. The Hall–Kier alpha value is -0.130. The van der Waals surface area contributed by atoms with Gasteiger partial charge in [-0.25, -0.2) is 0 Å². The second-order valence-corrected chi connectivity index (χ2v) is 5.12. The van der Waals surface area contributed by atoms with Gasteiger partial charge in [0.05, 0.1) is 17.5 Å². The van der Waals surface area contributed by atoms with E-state index in [1.54, 1.807) is 0 Å². The van der Waals surface area contributed by atoms with Gasteiger partial charge in [0.25, 0.3) is 0 Å². The average molecular weight is 279 g/mol. The standard InChI is InChI=1S/C10H19BrN2O2/c1-3-13-4-5-15-9(7-13)6-12-10(14)8(2)11/h8-9H,3-7H2,1-2H3,(H,12,14). The molecule has 1 aliphatic rings. The maximum atomic E-state index is 11.3. The van der Waals surface area contributed by atoms with Crippen LogP contribution in [0.1, 0.15) is 13.8 Å². The highest BCUT2D eigenvalue weighted by Crippen LogP contribution is 2.04. The molecule has 0 saturated carbocycles. The molecule has 88 valence electrons. The summed E-state index contributed by atoms with van der Waals surface area (Å²) in [6.07, 6.45) is 0.133. The molecule has 1 aliphatic heterocycles. The monoisotopic (exact) mass is 278 g/mol.